The number of hydrogen-bond acceptors (Lipinski definition) is 3. The molecule has 0 radical (unpaired) electrons. The van der Waals surface area contributed by atoms with Crippen molar-refractivity contribution in [3.63, 3.8) is 0 Å². The molecule has 1 aliphatic carbocycles. The van der Waals surface area contributed by atoms with Gasteiger partial charge in [-0.15, -0.1) is 0 Å². The molecule has 1 aromatic rings. The molecule has 1 aromatic carbocycles. The second-order valence-corrected chi connectivity index (χ2v) is 5.53. The van der Waals surface area contributed by atoms with Gasteiger partial charge in [0.15, 0.2) is 0 Å². The van der Waals surface area contributed by atoms with Gasteiger partial charge in [0, 0.05) is 19.6 Å². The van der Waals surface area contributed by atoms with Crippen LogP contribution >= 0.6 is 0 Å². The lowest BCUT2D eigenvalue weighted by molar-refractivity contribution is -0.123. The molecule has 2 atom stereocenters. The molecular weight excluding hydrogens is 240 g/mol. The summed E-state index contributed by atoms with van der Waals surface area (Å²) in [5.74, 6) is 0.271. The lowest BCUT2D eigenvalue weighted by Gasteiger charge is -2.26. The molecule has 1 saturated carbocycles. The Labute approximate surface area is 113 Å². The maximum absolute atomic E-state index is 12.2. The molecule has 0 aromatic heterocycles. The molecule has 0 spiro atoms. The molecule has 3 rings (SSSR count). The number of carbonyl (C=O) groups excluding carboxylic acids is 1. The molecule has 4 heteroatoms. The average Bonchev–Trinajstić information content (AvgIpc) is 3.28. The zero-order valence-electron chi connectivity index (χ0n) is 10.9. The summed E-state index contributed by atoms with van der Waals surface area (Å²) >= 11 is 0. The van der Waals surface area contributed by atoms with E-state index in [1.54, 1.807) is 0 Å². The van der Waals surface area contributed by atoms with E-state index in [-0.39, 0.29) is 17.9 Å². The fraction of sp³-hybridized carbons (Fsp3) is 0.533. The maximum atomic E-state index is 12.2. The molecule has 0 bridgehead atoms. The molecular formula is C15H20N2O2. The Morgan fingerprint density at radius 1 is 1.42 bits per heavy atom. The first kappa shape index (κ1) is 12.6. The quantitative estimate of drug-likeness (QED) is 0.749. The molecule has 1 fully saturated rings. The van der Waals surface area contributed by atoms with Gasteiger partial charge in [0.2, 0.25) is 5.91 Å². The number of carbonyl (C=O) groups is 1. The summed E-state index contributed by atoms with van der Waals surface area (Å²) in [7, 11) is 0. The van der Waals surface area contributed by atoms with Gasteiger partial charge < -0.3 is 15.7 Å². The fourth-order valence-electron chi connectivity index (χ4n) is 2.71. The van der Waals surface area contributed by atoms with Gasteiger partial charge in [0.1, 0.15) is 0 Å². The summed E-state index contributed by atoms with van der Waals surface area (Å²) in [6.45, 7) is 1.87. The molecule has 4 nitrogen and oxygen atoms in total. The maximum Gasteiger partial charge on any atom is 0.228 e. The van der Waals surface area contributed by atoms with Crippen molar-refractivity contribution in [1.82, 2.24) is 10.6 Å². The van der Waals surface area contributed by atoms with Gasteiger partial charge in [-0.05, 0) is 29.9 Å². The van der Waals surface area contributed by atoms with Crippen LogP contribution in [0.1, 0.15) is 29.9 Å². The van der Waals surface area contributed by atoms with Crippen LogP contribution in [0.3, 0.4) is 0 Å². The van der Waals surface area contributed by atoms with Gasteiger partial charge in [0.05, 0.1) is 12.0 Å². The van der Waals surface area contributed by atoms with E-state index in [9.17, 15) is 9.90 Å². The summed E-state index contributed by atoms with van der Waals surface area (Å²) < 4.78 is 0. The molecule has 1 amide bonds. The fourth-order valence-corrected chi connectivity index (χ4v) is 2.71. The first-order valence-corrected chi connectivity index (χ1v) is 7.00. The highest BCUT2D eigenvalue weighted by Crippen LogP contribution is 2.32. The van der Waals surface area contributed by atoms with E-state index < -0.39 is 0 Å². The summed E-state index contributed by atoms with van der Waals surface area (Å²) in [6, 6.07) is 8.06. The van der Waals surface area contributed by atoms with E-state index in [2.05, 4.69) is 16.7 Å². The number of hydrogen-bond donors (Lipinski definition) is 3. The first-order valence-electron chi connectivity index (χ1n) is 7.00. The Balaban J connectivity index is 1.63. The van der Waals surface area contributed by atoms with Crippen LogP contribution < -0.4 is 10.6 Å². The molecule has 1 aliphatic heterocycles. The van der Waals surface area contributed by atoms with Crippen LogP contribution in [0.5, 0.6) is 0 Å². The summed E-state index contributed by atoms with van der Waals surface area (Å²) in [6.07, 6.45) is 1.80. The van der Waals surface area contributed by atoms with Gasteiger partial charge >= 0.3 is 0 Å². The number of rotatable bonds is 4. The topological polar surface area (TPSA) is 61.4 Å². The van der Waals surface area contributed by atoms with Crippen LogP contribution in [0, 0.1) is 5.92 Å². The third-order valence-corrected chi connectivity index (χ3v) is 4.06. The van der Waals surface area contributed by atoms with E-state index in [4.69, 9.17) is 0 Å². The van der Waals surface area contributed by atoms with Crippen molar-refractivity contribution in [2.75, 3.05) is 13.1 Å². The zero-order chi connectivity index (χ0) is 13.2. The van der Waals surface area contributed by atoms with Crippen molar-refractivity contribution in [3.05, 3.63) is 35.4 Å². The summed E-state index contributed by atoms with van der Waals surface area (Å²) in [4.78, 5) is 12.2. The van der Waals surface area contributed by atoms with Gasteiger partial charge in [0.25, 0.3) is 0 Å². The minimum atomic E-state index is -0.379. The molecule has 19 heavy (non-hydrogen) atoms. The van der Waals surface area contributed by atoms with Crippen molar-refractivity contribution in [1.29, 1.82) is 0 Å². The van der Waals surface area contributed by atoms with E-state index in [0.717, 1.165) is 24.9 Å². The Morgan fingerprint density at radius 2 is 2.21 bits per heavy atom. The molecule has 0 saturated heterocycles. The van der Waals surface area contributed by atoms with Gasteiger partial charge in [-0.2, -0.15) is 0 Å². The van der Waals surface area contributed by atoms with E-state index in [1.165, 1.54) is 5.56 Å². The number of aliphatic hydroxyl groups is 1. The third kappa shape index (κ3) is 2.80. The second-order valence-electron chi connectivity index (χ2n) is 5.53. The SMILES string of the molecule is O=C(NCC(O)C1CC1)C1CNCc2ccccc21. The number of amides is 1. The van der Waals surface area contributed by atoms with Crippen LogP contribution in [0.15, 0.2) is 24.3 Å². The molecule has 1 heterocycles. The predicted octanol–water partition coefficient (Wildman–Crippen LogP) is 0.760. The first-order chi connectivity index (χ1) is 9.25. The van der Waals surface area contributed by atoms with Crippen LogP contribution in [0.4, 0.5) is 0 Å². The molecule has 2 unspecified atom stereocenters. The largest absolute Gasteiger partial charge is 0.391 e. The zero-order valence-corrected chi connectivity index (χ0v) is 10.9. The van der Waals surface area contributed by atoms with Crippen molar-refractivity contribution in [2.24, 2.45) is 5.92 Å². The standard InChI is InChI=1S/C15H20N2O2/c18-14(10-5-6-10)9-17-15(19)13-8-16-7-11-3-1-2-4-12(11)13/h1-4,10,13-14,16,18H,5-9H2,(H,17,19). The highest BCUT2D eigenvalue weighted by molar-refractivity contribution is 5.84. The summed E-state index contributed by atoms with van der Waals surface area (Å²) in [5, 5.41) is 16.0. The molecule has 2 aliphatic rings. The smallest absolute Gasteiger partial charge is 0.228 e. The van der Waals surface area contributed by atoms with Crippen molar-refractivity contribution in [2.45, 2.75) is 31.4 Å². The highest BCUT2D eigenvalue weighted by Gasteiger charge is 2.31. The van der Waals surface area contributed by atoms with Gasteiger partial charge in [-0.1, -0.05) is 24.3 Å². The van der Waals surface area contributed by atoms with E-state index in [1.807, 2.05) is 18.2 Å². The van der Waals surface area contributed by atoms with Crippen LogP contribution in [-0.4, -0.2) is 30.2 Å². The van der Waals surface area contributed by atoms with Crippen molar-refractivity contribution >= 4 is 5.91 Å². The molecule has 102 valence electrons. The lowest BCUT2D eigenvalue weighted by atomic mass is 9.90. The molecule has 3 N–H and O–H groups in total. The van der Waals surface area contributed by atoms with Crippen molar-refractivity contribution < 1.29 is 9.90 Å². The average molecular weight is 260 g/mol. The number of aliphatic hydroxyl groups excluding tert-OH is 1. The highest BCUT2D eigenvalue weighted by atomic mass is 16.3. The minimum Gasteiger partial charge on any atom is -0.391 e. The van der Waals surface area contributed by atoms with Crippen LogP contribution in [0.25, 0.3) is 0 Å². The Bertz CT molecular complexity index is 471. The lowest BCUT2D eigenvalue weighted by Crippen LogP contribution is -2.41. The van der Waals surface area contributed by atoms with Gasteiger partial charge in [-0.3, -0.25) is 4.79 Å². The number of fused-ring (bicyclic) bond motifs is 1. The van der Waals surface area contributed by atoms with Gasteiger partial charge in [-0.25, -0.2) is 0 Å². The van der Waals surface area contributed by atoms with E-state index >= 15 is 0 Å². The Hall–Kier alpha value is -1.39. The Kier molecular flexibility index (Phi) is 3.53. The monoisotopic (exact) mass is 260 g/mol. The number of nitrogens with one attached hydrogen (secondary N) is 2. The number of benzene rings is 1. The predicted molar refractivity (Wildman–Crippen MR) is 72.6 cm³/mol. The normalized spacial score (nSPS) is 23.5. The summed E-state index contributed by atoms with van der Waals surface area (Å²) in [5.41, 5.74) is 2.30. The van der Waals surface area contributed by atoms with Crippen LogP contribution in [-0.2, 0) is 11.3 Å². The van der Waals surface area contributed by atoms with Crippen LogP contribution in [0.2, 0.25) is 0 Å². The Morgan fingerprint density at radius 3 is 3.00 bits per heavy atom. The van der Waals surface area contributed by atoms with E-state index in [0.29, 0.717) is 19.0 Å². The van der Waals surface area contributed by atoms with Crippen molar-refractivity contribution in [3.8, 4) is 0 Å². The second kappa shape index (κ2) is 5.31. The third-order valence-electron chi connectivity index (χ3n) is 4.06. The minimum absolute atomic E-state index is 0.0133.